The van der Waals surface area contributed by atoms with Crippen LogP contribution in [-0.2, 0) is 17.9 Å². The van der Waals surface area contributed by atoms with Crippen LogP contribution in [0.15, 0.2) is 77.6 Å². The number of nitrogens with one attached hydrogen (secondary N) is 2. The highest BCUT2D eigenvalue weighted by Gasteiger charge is 2.15. The van der Waals surface area contributed by atoms with Crippen molar-refractivity contribution in [3.05, 3.63) is 93.7 Å². The number of para-hydroxylation sites is 1. The number of benzene rings is 3. The van der Waals surface area contributed by atoms with Crippen LogP contribution in [0.1, 0.15) is 5.56 Å². The number of halogens is 1. The Labute approximate surface area is 201 Å². The minimum absolute atomic E-state index is 0.197. The molecule has 34 heavy (non-hydrogen) atoms. The number of aromatic nitrogens is 1. The molecule has 1 heterocycles. The van der Waals surface area contributed by atoms with Crippen LogP contribution in [0.5, 0.6) is 11.5 Å². The number of hydrogen-bond acceptors (Lipinski definition) is 5. The Balaban J connectivity index is 1.69. The summed E-state index contributed by atoms with van der Waals surface area (Å²) in [4.78, 5) is 26.4. The predicted molar refractivity (Wildman–Crippen MR) is 135 cm³/mol. The van der Waals surface area contributed by atoms with Crippen LogP contribution in [0, 0.1) is 0 Å². The topological polar surface area (TPSA) is 81.6 Å². The summed E-state index contributed by atoms with van der Waals surface area (Å²) in [5.41, 5.74) is 2.19. The summed E-state index contributed by atoms with van der Waals surface area (Å²) in [7, 11) is 3.06. The molecule has 0 fully saturated rings. The largest absolute Gasteiger partial charge is 0.497 e. The first kappa shape index (κ1) is 23.2. The predicted octanol–water partition coefficient (Wildman–Crippen LogP) is 4.92. The Hall–Kier alpha value is -3.97. The van der Waals surface area contributed by atoms with Crippen LogP contribution < -0.4 is 25.7 Å². The van der Waals surface area contributed by atoms with Crippen molar-refractivity contribution in [1.82, 2.24) is 4.57 Å². The number of ether oxygens (including phenoxy) is 2. The number of carbonyl (C=O) groups is 1. The van der Waals surface area contributed by atoms with E-state index in [0.29, 0.717) is 39.8 Å². The second-order valence-corrected chi connectivity index (χ2v) is 8.03. The van der Waals surface area contributed by atoms with Crippen molar-refractivity contribution in [2.45, 2.75) is 13.1 Å². The van der Waals surface area contributed by atoms with Crippen LogP contribution in [-0.4, -0.2) is 24.7 Å². The molecule has 1 aromatic heterocycles. The molecule has 0 atom stereocenters. The van der Waals surface area contributed by atoms with Gasteiger partial charge in [0.2, 0.25) is 5.91 Å². The van der Waals surface area contributed by atoms with Crippen molar-refractivity contribution in [1.29, 1.82) is 0 Å². The molecule has 0 unspecified atom stereocenters. The highest BCUT2D eigenvalue weighted by atomic mass is 35.5. The molecule has 0 saturated carbocycles. The van der Waals surface area contributed by atoms with Gasteiger partial charge in [0.15, 0.2) is 0 Å². The molecule has 0 saturated heterocycles. The van der Waals surface area contributed by atoms with Crippen LogP contribution >= 0.6 is 11.6 Å². The van der Waals surface area contributed by atoms with Gasteiger partial charge in [-0.3, -0.25) is 14.2 Å². The zero-order valence-electron chi connectivity index (χ0n) is 18.8. The van der Waals surface area contributed by atoms with Gasteiger partial charge in [0, 0.05) is 28.9 Å². The van der Waals surface area contributed by atoms with Gasteiger partial charge >= 0.3 is 0 Å². The molecule has 2 N–H and O–H groups in total. The Morgan fingerprint density at radius 3 is 2.50 bits per heavy atom. The summed E-state index contributed by atoms with van der Waals surface area (Å²) in [6.45, 7) is 0.117. The summed E-state index contributed by atoms with van der Waals surface area (Å²) in [5, 5.41) is 7.33. The molecule has 0 aliphatic carbocycles. The molecule has 7 nitrogen and oxygen atoms in total. The SMILES string of the molecule is COc1ccc2cc(CNc3ccccc3)c(=O)n(CC(=O)Nc3cc(Cl)ccc3OC)c2c1. The van der Waals surface area contributed by atoms with E-state index in [9.17, 15) is 9.59 Å². The minimum Gasteiger partial charge on any atom is -0.497 e. The summed E-state index contributed by atoms with van der Waals surface area (Å²) >= 11 is 6.08. The number of nitrogens with zero attached hydrogens (tertiary/aromatic N) is 1. The zero-order chi connectivity index (χ0) is 24.1. The Morgan fingerprint density at radius 2 is 1.76 bits per heavy atom. The summed E-state index contributed by atoms with van der Waals surface area (Å²) in [6.07, 6.45) is 0. The fourth-order valence-electron chi connectivity index (χ4n) is 3.69. The van der Waals surface area contributed by atoms with E-state index in [1.807, 2.05) is 48.5 Å². The van der Waals surface area contributed by atoms with Crippen LogP contribution in [0.2, 0.25) is 5.02 Å². The van der Waals surface area contributed by atoms with Gasteiger partial charge in [0.25, 0.3) is 5.56 Å². The number of fused-ring (bicyclic) bond motifs is 1. The number of amides is 1. The molecule has 3 aromatic carbocycles. The standard InChI is InChI=1S/C26H24ClN3O4/c1-33-21-10-8-17-12-18(15-28-20-6-4-3-5-7-20)26(32)30(23(17)14-21)16-25(31)29-22-13-19(27)9-11-24(22)34-2/h3-14,28H,15-16H2,1-2H3,(H,29,31). The molecule has 8 heteroatoms. The molecule has 4 rings (SSSR count). The lowest BCUT2D eigenvalue weighted by Crippen LogP contribution is -2.30. The van der Waals surface area contributed by atoms with Crippen LogP contribution in [0.3, 0.4) is 0 Å². The Morgan fingerprint density at radius 1 is 0.971 bits per heavy atom. The maximum Gasteiger partial charge on any atom is 0.256 e. The lowest BCUT2D eigenvalue weighted by Gasteiger charge is -2.16. The normalized spacial score (nSPS) is 10.7. The molecule has 4 aromatic rings. The van der Waals surface area contributed by atoms with E-state index in [2.05, 4.69) is 10.6 Å². The van der Waals surface area contributed by atoms with Gasteiger partial charge in [0.1, 0.15) is 18.0 Å². The zero-order valence-corrected chi connectivity index (χ0v) is 19.6. The molecule has 0 radical (unpaired) electrons. The molecule has 0 aliphatic heterocycles. The van der Waals surface area contributed by atoms with E-state index in [4.69, 9.17) is 21.1 Å². The third-order valence-corrected chi connectivity index (χ3v) is 5.61. The van der Waals surface area contributed by atoms with Gasteiger partial charge in [-0.2, -0.15) is 0 Å². The second kappa shape index (κ2) is 10.3. The third kappa shape index (κ3) is 5.15. The highest BCUT2D eigenvalue weighted by Crippen LogP contribution is 2.28. The van der Waals surface area contributed by atoms with Crippen molar-refractivity contribution in [3.63, 3.8) is 0 Å². The van der Waals surface area contributed by atoms with Gasteiger partial charge < -0.3 is 20.1 Å². The number of rotatable bonds is 8. The van der Waals surface area contributed by atoms with Crippen LogP contribution in [0.25, 0.3) is 10.9 Å². The molecule has 0 aliphatic rings. The van der Waals surface area contributed by atoms with Gasteiger partial charge in [0.05, 0.1) is 25.4 Å². The number of pyridine rings is 1. The first-order chi connectivity index (χ1) is 16.5. The first-order valence-electron chi connectivity index (χ1n) is 10.6. The van der Waals surface area contributed by atoms with Gasteiger partial charge in [-0.25, -0.2) is 0 Å². The van der Waals surface area contributed by atoms with E-state index in [1.54, 1.807) is 31.4 Å². The first-order valence-corrected chi connectivity index (χ1v) is 11.0. The maximum atomic E-state index is 13.4. The van der Waals surface area contributed by atoms with Crippen molar-refractivity contribution in [2.75, 3.05) is 24.9 Å². The number of anilines is 2. The summed E-state index contributed by atoms with van der Waals surface area (Å²) < 4.78 is 12.1. The van der Waals surface area contributed by atoms with Gasteiger partial charge in [-0.15, -0.1) is 0 Å². The van der Waals surface area contributed by atoms with Crippen molar-refractivity contribution in [2.24, 2.45) is 0 Å². The number of methoxy groups -OCH3 is 2. The Bertz CT molecular complexity index is 1390. The molecule has 1 amide bonds. The van der Waals surface area contributed by atoms with Crippen molar-refractivity contribution < 1.29 is 14.3 Å². The molecular weight excluding hydrogens is 454 g/mol. The summed E-state index contributed by atoms with van der Waals surface area (Å²) in [6, 6.07) is 21.8. The van der Waals surface area contributed by atoms with Crippen molar-refractivity contribution >= 4 is 39.8 Å². The lowest BCUT2D eigenvalue weighted by atomic mass is 10.1. The molecule has 0 bridgehead atoms. The van der Waals surface area contributed by atoms with Crippen molar-refractivity contribution in [3.8, 4) is 11.5 Å². The van der Waals surface area contributed by atoms with E-state index < -0.39 is 0 Å². The van der Waals surface area contributed by atoms with E-state index in [0.717, 1.165) is 11.1 Å². The lowest BCUT2D eigenvalue weighted by molar-refractivity contribution is -0.116. The van der Waals surface area contributed by atoms with Crippen LogP contribution in [0.4, 0.5) is 11.4 Å². The Kier molecular flexibility index (Phi) is 7.04. The number of hydrogen-bond donors (Lipinski definition) is 2. The van der Waals surface area contributed by atoms with E-state index in [-0.39, 0.29) is 18.0 Å². The third-order valence-electron chi connectivity index (χ3n) is 5.37. The monoisotopic (exact) mass is 477 g/mol. The fourth-order valence-corrected chi connectivity index (χ4v) is 3.86. The average molecular weight is 478 g/mol. The maximum absolute atomic E-state index is 13.4. The van der Waals surface area contributed by atoms with E-state index >= 15 is 0 Å². The van der Waals surface area contributed by atoms with E-state index in [1.165, 1.54) is 11.7 Å². The quantitative estimate of drug-likeness (QED) is 0.376. The van der Waals surface area contributed by atoms with Gasteiger partial charge in [-0.05, 0) is 53.9 Å². The van der Waals surface area contributed by atoms with Gasteiger partial charge in [-0.1, -0.05) is 29.8 Å². The molecule has 0 spiro atoms. The molecule has 174 valence electrons. The molecular formula is C26H24ClN3O4. The second-order valence-electron chi connectivity index (χ2n) is 7.60. The highest BCUT2D eigenvalue weighted by molar-refractivity contribution is 6.31. The average Bonchev–Trinajstić information content (AvgIpc) is 2.85. The summed E-state index contributed by atoms with van der Waals surface area (Å²) in [5.74, 6) is 0.671. The smallest absolute Gasteiger partial charge is 0.256 e. The minimum atomic E-state index is -0.389. The fraction of sp³-hybridized carbons (Fsp3) is 0.154. The number of carbonyl (C=O) groups excluding carboxylic acids is 1.